The highest BCUT2D eigenvalue weighted by atomic mass is 35.5. The van der Waals surface area contributed by atoms with E-state index in [0.29, 0.717) is 13.1 Å². The molecule has 8 heteroatoms. The minimum atomic E-state index is -0.668. The zero-order valence-electron chi connectivity index (χ0n) is 10.4. The molecule has 0 aromatic heterocycles. The molecule has 0 fully saturated rings. The van der Waals surface area contributed by atoms with Crippen molar-refractivity contribution in [2.75, 3.05) is 27.2 Å². The second-order valence-electron chi connectivity index (χ2n) is 3.88. The van der Waals surface area contributed by atoms with E-state index in [2.05, 4.69) is 5.32 Å². The van der Waals surface area contributed by atoms with Crippen LogP contribution in [0.15, 0.2) is 12.1 Å². The van der Waals surface area contributed by atoms with Crippen LogP contribution in [0.25, 0.3) is 0 Å². The van der Waals surface area contributed by atoms with E-state index in [1.807, 2.05) is 0 Å². The van der Waals surface area contributed by atoms with Crippen LogP contribution in [0.1, 0.15) is 10.4 Å². The average Bonchev–Trinajstić information content (AvgIpc) is 2.37. The Balaban J connectivity index is 3.07. The van der Waals surface area contributed by atoms with Gasteiger partial charge in [0.2, 0.25) is 0 Å². The van der Waals surface area contributed by atoms with Gasteiger partial charge in [0.05, 0.1) is 9.95 Å². The van der Waals surface area contributed by atoms with Crippen molar-refractivity contribution >= 4 is 34.8 Å². The summed E-state index contributed by atoms with van der Waals surface area (Å²) in [6.45, 7) is 1.09. The first kappa shape index (κ1) is 15.7. The van der Waals surface area contributed by atoms with Gasteiger partial charge in [-0.25, -0.2) is 0 Å². The molecule has 0 saturated heterocycles. The summed E-state index contributed by atoms with van der Waals surface area (Å²) in [6.07, 6.45) is 0. The molecule has 0 aliphatic heterocycles. The third-order valence-corrected chi connectivity index (χ3v) is 3.29. The summed E-state index contributed by atoms with van der Waals surface area (Å²) in [6, 6.07) is 2.46. The van der Waals surface area contributed by atoms with Crippen LogP contribution in [-0.4, -0.2) is 42.9 Å². The molecule has 1 aromatic carbocycles. The summed E-state index contributed by atoms with van der Waals surface area (Å²) in [5.74, 6) is -0.350. The van der Waals surface area contributed by atoms with Gasteiger partial charge in [0.1, 0.15) is 5.02 Å². The first-order valence-electron chi connectivity index (χ1n) is 5.42. The first-order valence-corrected chi connectivity index (χ1v) is 6.17. The summed E-state index contributed by atoms with van der Waals surface area (Å²) in [5.41, 5.74) is -0.237. The molecule has 0 heterocycles. The van der Waals surface area contributed by atoms with Crippen LogP contribution < -0.4 is 5.32 Å². The van der Waals surface area contributed by atoms with E-state index in [0.717, 1.165) is 6.07 Å². The maximum atomic E-state index is 12.1. The lowest BCUT2D eigenvalue weighted by Gasteiger charge is -2.17. The fourth-order valence-electron chi connectivity index (χ4n) is 1.43. The number of carbonyl (C=O) groups is 1. The molecule has 0 aliphatic rings. The molecule has 0 radical (unpaired) electrons. The molecule has 1 amide bonds. The van der Waals surface area contributed by atoms with E-state index in [1.54, 1.807) is 14.1 Å². The third kappa shape index (κ3) is 3.79. The minimum absolute atomic E-state index is 0.0127. The Morgan fingerprint density at radius 2 is 2.11 bits per heavy atom. The molecule has 6 nitrogen and oxygen atoms in total. The summed E-state index contributed by atoms with van der Waals surface area (Å²) < 4.78 is 0. The number of benzene rings is 1. The van der Waals surface area contributed by atoms with Gasteiger partial charge in [0.15, 0.2) is 0 Å². The summed E-state index contributed by atoms with van der Waals surface area (Å²) in [7, 11) is 3.37. The normalized spacial score (nSPS) is 10.3. The van der Waals surface area contributed by atoms with Crippen molar-refractivity contribution in [3.8, 4) is 0 Å². The number of hydrogen-bond donors (Lipinski definition) is 1. The average molecular weight is 306 g/mol. The van der Waals surface area contributed by atoms with E-state index in [1.165, 1.54) is 11.0 Å². The molecule has 0 atom stereocenters. The van der Waals surface area contributed by atoms with Gasteiger partial charge in [-0.3, -0.25) is 14.9 Å². The lowest BCUT2D eigenvalue weighted by Crippen LogP contribution is -2.32. The number of nitro groups is 1. The number of rotatable bonds is 5. The number of halogens is 2. The number of amides is 1. The van der Waals surface area contributed by atoms with Crippen LogP contribution in [-0.2, 0) is 0 Å². The largest absolute Gasteiger partial charge is 0.340 e. The van der Waals surface area contributed by atoms with Gasteiger partial charge in [-0.15, -0.1) is 0 Å². The minimum Gasteiger partial charge on any atom is -0.340 e. The topological polar surface area (TPSA) is 75.5 Å². The van der Waals surface area contributed by atoms with Gasteiger partial charge in [0, 0.05) is 31.8 Å². The van der Waals surface area contributed by atoms with E-state index < -0.39 is 4.92 Å². The van der Waals surface area contributed by atoms with Crippen molar-refractivity contribution in [1.82, 2.24) is 10.2 Å². The van der Waals surface area contributed by atoms with Gasteiger partial charge in [-0.1, -0.05) is 23.2 Å². The van der Waals surface area contributed by atoms with Crippen molar-refractivity contribution in [2.24, 2.45) is 0 Å². The molecule has 0 aliphatic carbocycles. The molecule has 0 spiro atoms. The van der Waals surface area contributed by atoms with Crippen LogP contribution >= 0.6 is 23.2 Å². The molecule has 19 heavy (non-hydrogen) atoms. The van der Waals surface area contributed by atoms with Crippen molar-refractivity contribution in [3.05, 3.63) is 37.9 Å². The van der Waals surface area contributed by atoms with Gasteiger partial charge in [-0.2, -0.15) is 0 Å². The Kier molecular flexibility index (Phi) is 5.53. The molecule has 0 unspecified atom stereocenters. The van der Waals surface area contributed by atoms with Crippen molar-refractivity contribution in [1.29, 1.82) is 0 Å². The Morgan fingerprint density at radius 1 is 1.47 bits per heavy atom. The molecule has 1 rings (SSSR count). The number of nitrogens with zero attached hydrogens (tertiary/aromatic N) is 2. The molecule has 0 saturated carbocycles. The molecule has 1 aromatic rings. The van der Waals surface area contributed by atoms with Crippen LogP contribution in [0.2, 0.25) is 10.0 Å². The van der Waals surface area contributed by atoms with Crippen molar-refractivity contribution in [3.63, 3.8) is 0 Å². The SMILES string of the molecule is CNCCN(C)C(=O)c1cc(Cl)c(Cl)c([N+](=O)[O-])c1. The van der Waals surface area contributed by atoms with Crippen LogP contribution in [0, 0.1) is 10.1 Å². The fraction of sp³-hybridized carbons (Fsp3) is 0.364. The van der Waals surface area contributed by atoms with Crippen LogP contribution in [0.5, 0.6) is 0 Å². The highest BCUT2D eigenvalue weighted by Crippen LogP contribution is 2.33. The molecule has 1 N–H and O–H groups in total. The van der Waals surface area contributed by atoms with E-state index in [9.17, 15) is 14.9 Å². The Labute approximate surface area is 120 Å². The Hall–Kier alpha value is -1.37. The number of nitro benzene ring substituents is 1. The Bertz CT molecular complexity index is 508. The number of nitrogens with one attached hydrogen (secondary N) is 1. The van der Waals surface area contributed by atoms with Gasteiger partial charge >= 0.3 is 0 Å². The maximum absolute atomic E-state index is 12.1. The van der Waals surface area contributed by atoms with Gasteiger partial charge in [0.25, 0.3) is 11.6 Å². The quantitative estimate of drug-likeness (QED) is 0.668. The predicted molar refractivity (Wildman–Crippen MR) is 74.0 cm³/mol. The van der Waals surface area contributed by atoms with Crippen LogP contribution in [0.3, 0.4) is 0 Å². The van der Waals surface area contributed by atoms with E-state index in [4.69, 9.17) is 23.2 Å². The predicted octanol–water partition coefficient (Wildman–Crippen LogP) is 2.19. The molecular formula is C11H13Cl2N3O3. The third-order valence-electron chi connectivity index (χ3n) is 2.50. The maximum Gasteiger partial charge on any atom is 0.290 e. The summed E-state index contributed by atoms with van der Waals surface area (Å²) in [5, 5.41) is 13.5. The lowest BCUT2D eigenvalue weighted by atomic mass is 10.1. The monoisotopic (exact) mass is 305 g/mol. The first-order chi connectivity index (χ1) is 8.88. The highest BCUT2D eigenvalue weighted by molar-refractivity contribution is 6.43. The Morgan fingerprint density at radius 3 is 2.63 bits per heavy atom. The lowest BCUT2D eigenvalue weighted by molar-refractivity contribution is -0.384. The van der Waals surface area contributed by atoms with Crippen molar-refractivity contribution in [2.45, 2.75) is 0 Å². The highest BCUT2D eigenvalue weighted by Gasteiger charge is 2.21. The molecule has 104 valence electrons. The number of carbonyl (C=O) groups excluding carboxylic acids is 1. The second kappa shape index (κ2) is 6.70. The van der Waals surface area contributed by atoms with E-state index in [-0.39, 0.29) is 27.2 Å². The van der Waals surface area contributed by atoms with Crippen LogP contribution in [0.4, 0.5) is 5.69 Å². The summed E-state index contributed by atoms with van der Waals surface area (Å²) >= 11 is 11.5. The van der Waals surface area contributed by atoms with E-state index >= 15 is 0 Å². The summed E-state index contributed by atoms with van der Waals surface area (Å²) in [4.78, 5) is 23.7. The fourth-order valence-corrected chi connectivity index (χ4v) is 1.82. The number of hydrogen-bond acceptors (Lipinski definition) is 4. The van der Waals surface area contributed by atoms with Gasteiger partial charge < -0.3 is 10.2 Å². The van der Waals surface area contributed by atoms with Gasteiger partial charge in [-0.05, 0) is 13.1 Å². The van der Waals surface area contributed by atoms with Crippen molar-refractivity contribution < 1.29 is 9.72 Å². The standard InChI is InChI=1S/C11H13Cl2N3O3/c1-14-3-4-15(2)11(17)7-5-8(12)10(13)9(6-7)16(18)19/h5-6,14H,3-4H2,1-2H3. The zero-order chi connectivity index (χ0) is 14.6. The smallest absolute Gasteiger partial charge is 0.290 e. The number of likely N-dealkylation sites (N-methyl/N-ethyl adjacent to an activating group) is 2. The zero-order valence-corrected chi connectivity index (χ0v) is 12.0. The molecular weight excluding hydrogens is 293 g/mol. The molecule has 0 bridgehead atoms. The second-order valence-corrected chi connectivity index (χ2v) is 4.66.